The van der Waals surface area contributed by atoms with Crippen molar-refractivity contribution in [2.24, 2.45) is 0 Å². The molecule has 2 aromatic carbocycles. The van der Waals surface area contributed by atoms with E-state index in [4.69, 9.17) is 9.68 Å². The standard InChI is InChI=1S/C16H10N2OS/c17-11-10-15(12-6-2-1-3-7-12)20-16-18-13-8-4-5-9-14(13)19-16/h1-10H/b15-10+. The first-order chi connectivity index (χ1) is 9.86. The molecule has 0 saturated heterocycles. The minimum Gasteiger partial charge on any atom is -0.431 e. The Kier molecular flexibility index (Phi) is 3.53. The molecule has 1 heterocycles. The minimum absolute atomic E-state index is 0.538. The van der Waals surface area contributed by atoms with Gasteiger partial charge in [0.15, 0.2) is 5.58 Å². The Bertz CT molecular complexity index is 767. The largest absolute Gasteiger partial charge is 0.431 e. The summed E-state index contributed by atoms with van der Waals surface area (Å²) in [4.78, 5) is 5.23. The molecule has 0 atom stereocenters. The first kappa shape index (κ1) is 12.5. The summed E-state index contributed by atoms with van der Waals surface area (Å²) in [6.45, 7) is 0. The molecule has 3 rings (SSSR count). The predicted octanol–water partition coefficient (Wildman–Crippen LogP) is 4.48. The zero-order valence-electron chi connectivity index (χ0n) is 10.5. The van der Waals surface area contributed by atoms with Gasteiger partial charge in [-0.25, -0.2) is 4.98 Å². The second-order valence-electron chi connectivity index (χ2n) is 4.05. The molecule has 3 nitrogen and oxygen atoms in total. The predicted molar refractivity (Wildman–Crippen MR) is 79.9 cm³/mol. The third-order valence-corrected chi connectivity index (χ3v) is 3.65. The maximum absolute atomic E-state index is 8.93. The Hall–Kier alpha value is -2.51. The van der Waals surface area contributed by atoms with Gasteiger partial charge in [-0.3, -0.25) is 0 Å². The number of thioether (sulfide) groups is 1. The van der Waals surface area contributed by atoms with Gasteiger partial charge in [-0.2, -0.15) is 5.26 Å². The summed E-state index contributed by atoms with van der Waals surface area (Å²) in [7, 11) is 0. The lowest BCUT2D eigenvalue weighted by Gasteiger charge is -2.02. The second kappa shape index (κ2) is 5.64. The van der Waals surface area contributed by atoms with Crippen molar-refractivity contribution < 1.29 is 4.42 Å². The average molecular weight is 278 g/mol. The second-order valence-corrected chi connectivity index (χ2v) is 5.05. The van der Waals surface area contributed by atoms with Crippen LogP contribution < -0.4 is 0 Å². The van der Waals surface area contributed by atoms with E-state index in [9.17, 15) is 0 Å². The quantitative estimate of drug-likeness (QED) is 0.523. The third kappa shape index (κ3) is 2.58. The molecule has 0 aliphatic rings. The van der Waals surface area contributed by atoms with E-state index in [1.54, 1.807) is 0 Å². The van der Waals surface area contributed by atoms with Crippen molar-refractivity contribution in [3.8, 4) is 6.07 Å². The summed E-state index contributed by atoms with van der Waals surface area (Å²) in [6, 6.07) is 19.4. The molecule has 4 heteroatoms. The van der Waals surface area contributed by atoms with Crippen LogP contribution in [0.3, 0.4) is 0 Å². The van der Waals surface area contributed by atoms with Crippen LogP contribution in [0, 0.1) is 11.3 Å². The van der Waals surface area contributed by atoms with Gasteiger partial charge in [0.25, 0.3) is 5.22 Å². The number of nitriles is 1. The average Bonchev–Trinajstić information content (AvgIpc) is 2.90. The molecule has 0 aliphatic carbocycles. The maximum atomic E-state index is 8.93. The lowest BCUT2D eigenvalue weighted by Crippen LogP contribution is -1.79. The summed E-state index contributed by atoms with van der Waals surface area (Å²) in [6.07, 6.45) is 1.51. The molecule has 0 bridgehead atoms. The normalized spacial score (nSPS) is 11.4. The van der Waals surface area contributed by atoms with Crippen molar-refractivity contribution >= 4 is 27.8 Å². The summed E-state index contributed by atoms with van der Waals surface area (Å²) >= 11 is 1.35. The molecule has 0 amide bonds. The fourth-order valence-corrected chi connectivity index (χ4v) is 2.65. The van der Waals surface area contributed by atoms with Crippen LogP contribution in [0.25, 0.3) is 16.0 Å². The maximum Gasteiger partial charge on any atom is 0.261 e. The van der Waals surface area contributed by atoms with Gasteiger partial charge < -0.3 is 4.42 Å². The van der Waals surface area contributed by atoms with E-state index in [0.29, 0.717) is 5.22 Å². The molecule has 0 unspecified atom stereocenters. The summed E-state index contributed by atoms with van der Waals surface area (Å²) < 4.78 is 5.67. The Morgan fingerprint density at radius 2 is 1.85 bits per heavy atom. The van der Waals surface area contributed by atoms with Gasteiger partial charge in [0, 0.05) is 11.0 Å². The highest BCUT2D eigenvalue weighted by atomic mass is 32.2. The van der Waals surface area contributed by atoms with Gasteiger partial charge >= 0.3 is 0 Å². The summed E-state index contributed by atoms with van der Waals surface area (Å²) in [5.41, 5.74) is 2.54. The smallest absolute Gasteiger partial charge is 0.261 e. The Morgan fingerprint density at radius 3 is 2.60 bits per heavy atom. The number of hydrogen-bond donors (Lipinski definition) is 0. The van der Waals surface area contributed by atoms with Gasteiger partial charge in [0.1, 0.15) is 5.52 Å². The van der Waals surface area contributed by atoms with Gasteiger partial charge in [0.2, 0.25) is 0 Å². The van der Waals surface area contributed by atoms with Crippen LogP contribution in [0.1, 0.15) is 5.56 Å². The third-order valence-electron chi connectivity index (χ3n) is 2.73. The van der Waals surface area contributed by atoms with Gasteiger partial charge in [-0.05, 0) is 29.5 Å². The number of rotatable bonds is 3. The van der Waals surface area contributed by atoms with Crippen LogP contribution in [0.4, 0.5) is 0 Å². The van der Waals surface area contributed by atoms with E-state index in [2.05, 4.69) is 11.1 Å². The molecular weight excluding hydrogens is 268 g/mol. The summed E-state index contributed by atoms with van der Waals surface area (Å²) in [5.74, 6) is 0. The molecule has 0 radical (unpaired) electrons. The monoisotopic (exact) mass is 278 g/mol. The van der Waals surface area contributed by atoms with Crippen LogP contribution in [0.5, 0.6) is 0 Å². The zero-order chi connectivity index (χ0) is 13.8. The molecule has 20 heavy (non-hydrogen) atoms. The highest BCUT2D eigenvalue weighted by Crippen LogP contribution is 2.34. The Labute approximate surface area is 120 Å². The first-order valence-corrected chi connectivity index (χ1v) is 6.87. The molecule has 1 aromatic heterocycles. The van der Waals surface area contributed by atoms with Gasteiger partial charge in [-0.15, -0.1) is 0 Å². The fraction of sp³-hybridized carbons (Fsp3) is 0. The number of fused-ring (bicyclic) bond motifs is 1. The molecule has 0 aliphatic heterocycles. The van der Waals surface area contributed by atoms with Crippen molar-refractivity contribution in [3.05, 3.63) is 66.2 Å². The van der Waals surface area contributed by atoms with E-state index < -0.39 is 0 Å². The number of benzene rings is 2. The van der Waals surface area contributed by atoms with Gasteiger partial charge in [0.05, 0.1) is 6.07 Å². The number of hydrogen-bond acceptors (Lipinski definition) is 4. The SMILES string of the molecule is N#C/C=C(/Sc1nc2ccccc2o1)c1ccccc1. The van der Waals surface area contributed by atoms with Crippen molar-refractivity contribution in [3.63, 3.8) is 0 Å². The first-order valence-electron chi connectivity index (χ1n) is 6.05. The van der Waals surface area contributed by atoms with E-state index in [1.165, 1.54) is 17.8 Å². The Morgan fingerprint density at radius 1 is 1.10 bits per heavy atom. The lowest BCUT2D eigenvalue weighted by molar-refractivity contribution is 0.491. The van der Waals surface area contributed by atoms with E-state index >= 15 is 0 Å². The molecule has 0 saturated carbocycles. The number of aromatic nitrogens is 1. The number of allylic oxidation sites excluding steroid dienone is 1. The van der Waals surface area contributed by atoms with E-state index in [1.807, 2.05) is 54.6 Å². The van der Waals surface area contributed by atoms with Crippen LogP contribution in [-0.2, 0) is 0 Å². The zero-order valence-corrected chi connectivity index (χ0v) is 11.3. The molecule has 0 N–H and O–H groups in total. The molecule has 96 valence electrons. The molecular formula is C16H10N2OS. The fourth-order valence-electron chi connectivity index (χ4n) is 1.82. The molecule has 0 spiro atoms. The Balaban J connectivity index is 1.95. The van der Waals surface area contributed by atoms with Crippen molar-refractivity contribution in [1.82, 2.24) is 4.98 Å². The van der Waals surface area contributed by atoms with E-state index in [0.717, 1.165) is 21.6 Å². The van der Waals surface area contributed by atoms with Crippen LogP contribution in [-0.4, -0.2) is 4.98 Å². The summed E-state index contributed by atoms with van der Waals surface area (Å²) in [5, 5.41) is 9.46. The minimum atomic E-state index is 0.538. The van der Waals surface area contributed by atoms with E-state index in [-0.39, 0.29) is 0 Å². The van der Waals surface area contributed by atoms with Crippen molar-refractivity contribution in [2.75, 3.05) is 0 Å². The number of oxazole rings is 1. The van der Waals surface area contributed by atoms with Crippen molar-refractivity contribution in [2.45, 2.75) is 5.22 Å². The lowest BCUT2D eigenvalue weighted by atomic mass is 10.2. The molecule has 0 fully saturated rings. The van der Waals surface area contributed by atoms with Crippen LogP contribution >= 0.6 is 11.8 Å². The van der Waals surface area contributed by atoms with Crippen molar-refractivity contribution in [1.29, 1.82) is 5.26 Å². The van der Waals surface area contributed by atoms with Crippen LogP contribution in [0.2, 0.25) is 0 Å². The highest BCUT2D eigenvalue weighted by molar-refractivity contribution is 8.08. The van der Waals surface area contributed by atoms with Crippen LogP contribution in [0.15, 0.2) is 70.3 Å². The number of nitrogens with zero attached hydrogens (tertiary/aromatic N) is 2. The molecule has 3 aromatic rings. The topological polar surface area (TPSA) is 49.8 Å². The number of para-hydroxylation sites is 2. The van der Waals surface area contributed by atoms with Gasteiger partial charge in [-0.1, -0.05) is 42.5 Å². The highest BCUT2D eigenvalue weighted by Gasteiger charge is 2.10.